The van der Waals surface area contributed by atoms with Crippen molar-refractivity contribution in [3.05, 3.63) is 28.2 Å². The largest absolute Gasteiger partial charge is 0.330 e. The number of hydrogen-bond donors (Lipinski definition) is 1. The van der Waals surface area contributed by atoms with Gasteiger partial charge in [0.05, 0.1) is 0 Å². The minimum absolute atomic E-state index is 0.564. The van der Waals surface area contributed by atoms with Gasteiger partial charge in [-0.1, -0.05) is 23.2 Å². The van der Waals surface area contributed by atoms with Crippen LogP contribution in [-0.2, 0) is 6.54 Å². The Morgan fingerprint density at radius 3 is 2.50 bits per heavy atom. The van der Waals surface area contributed by atoms with E-state index < -0.39 is 0 Å². The van der Waals surface area contributed by atoms with Crippen LogP contribution in [0.2, 0.25) is 10.0 Å². The van der Waals surface area contributed by atoms with Crippen LogP contribution < -0.4 is 5.73 Å². The summed E-state index contributed by atoms with van der Waals surface area (Å²) in [6, 6.07) is 5.26. The molecule has 0 fully saturated rings. The van der Waals surface area contributed by atoms with Crippen LogP contribution in [0.5, 0.6) is 0 Å². The Balaban J connectivity index is 2.24. The maximum Gasteiger partial charge on any atom is 0.182 e. The minimum Gasteiger partial charge on any atom is -0.330 e. The zero-order valence-corrected chi connectivity index (χ0v) is 11.2. The van der Waals surface area contributed by atoms with Gasteiger partial charge in [-0.15, -0.1) is 5.10 Å². The summed E-state index contributed by atoms with van der Waals surface area (Å²) in [6.07, 6.45) is 1.87. The number of benzene rings is 1. The molecule has 2 rings (SSSR count). The van der Waals surface area contributed by atoms with Gasteiger partial charge in [0.25, 0.3) is 0 Å². The average molecular weight is 286 g/mol. The third kappa shape index (κ3) is 3.19. The van der Waals surface area contributed by atoms with E-state index in [0.717, 1.165) is 24.9 Å². The van der Waals surface area contributed by atoms with E-state index in [1.165, 1.54) is 0 Å². The lowest BCUT2D eigenvalue weighted by Crippen LogP contribution is -2.06. The van der Waals surface area contributed by atoms with Crippen LogP contribution in [-0.4, -0.2) is 26.8 Å². The smallest absolute Gasteiger partial charge is 0.182 e. The molecule has 0 radical (unpaired) electrons. The summed E-state index contributed by atoms with van der Waals surface area (Å²) < 4.78 is 1.73. The predicted molar refractivity (Wildman–Crippen MR) is 71.6 cm³/mol. The molecule has 2 aromatic rings. The van der Waals surface area contributed by atoms with Crippen LogP contribution in [0.4, 0.5) is 0 Å². The molecule has 0 unspecified atom stereocenters. The second-order valence-electron chi connectivity index (χ2n) is 3.88. The van der Waals surface area contributed by atoms with Crippen LogP contribution in [0.25, 0.3) is 11.4 Å². The van der Waals surface area contributed by atoms with E-state index in [-0.39, 0.29) is 0 Å². The van der Waals surface area contributed by atoms with Gasteiger partial charge in [0, 0.05) is 22.2 Å². The molecule has 1 heterocycles. The first kappa shape index (κ1) is 13.3. The van der Waals surface area contributed by atoms with Gasteiger partial charge in [-0.2, -0.15) is 0 Å². The van der Waals surface area contributed by atoms with Crippen molar-refractivity contribution in [1.29, 1.82) is 0 Å². The summed E-state index contributed by atoms with van der Waals surface area (Å²) in [6.45, 7) is 1.39. The Morgan fingerprint density at radius 2 is 1.83 bits per heavy atom. The van der Waals surface area contributed by atoms with Gasteiger partial charge in [-0.25, -0.2) is 4.68 Å². The Hall–Kier alpha value is -1.17. The fourth-order valence-electron chi connectivity index (χ4n) is 1.65. The predicted octanol–water partition coefficient (Wildman–Crippen LogP) is 2.39. The summed E-state index contributed by atoms with van der Waals surface area (Å²) in [7, 11) is 0. The summed E-state index contributed by atoms with van der Waals surface area (Å²) in [5, 5.41) is 12.8. The van der Waals surface area contributed by atoms with Crippen LogP contribution >= 0.6 is 23.2 Å². The molecule has 0 aliphatic carbocycles. The van der Waals surface area contributed by atoms with Crippen molar-refractivity contribution in [2.45, 2.75) is 19.4 Å². The SMILES string of the molecule is NCCCCn1nnnc1-c1cc(Cl)cc(Cl)c1. The van der Waals surface area contributed by atoms with Crippen molar-refractivity contribution in [1.82, 2.24) is 20.2 Å². The maximum atomic E-state index is 5.97. The fraction of sp³-hybridized carbons (Fsp3) is 0.364. The number of rotatable bonds is 5. The maximum absolute atomic E-state index is 5.97. The lowest BCUT2D eigenvalue weighted by molar-refractivity contribution is 0.548. The number of hydrogen-bond acceptors (Lipinski definition) is 4. The molecule has 5 nitrogen and oxygen atoms in total. The second-order valence-corrected chi connectivity index (χ2v) is 4.75. The number of halogens is 2. The fourth-order valence-corrected chi connectivity index (χ4v) is 2.18. The van der Waals surface area contributed by atoms with Crippen molar-refractivity contribution >= 4 is 23.2 Å². The van der Waals surface area contributed by atoms with Gasteiger partial charge in [0.15, 0.2) is 5.82 Å². The molecular weight excluding hydrogens is 273 g/mol. The minimum atomic E-state index is 0.564. The van der Waals surface area contributed by atoms with E-state index in [1.807, 2.05) is 0 Å². The van der Waals surface area contributed by atoms with E-state index in [9.17, 15) is 0 Å². The summed E-state index contributed by atoms with van der Waals surface area (Å²) in [5.41, 5.74) is 6.27. The van der Waals surface area contributed by atoms with Crippen molar-refractivity contribution in [2.75, 3.05) is 6.54 Å². The first-order chi connectivity index (χ1) is 8.70. The van der Waals surface area contributed by atoms with Crippen LogP contribution in [0.3, 0.4) is 0 Å². The van der Waals surface area contributed by atoms with Crippen molar-refractivity contribution in [2.24, 2.45) is 5.73 Å². The molecular formula is C11H13Cl2N5. The zero-order chi connectivity index (χ0) is 13.0. The highest BCUT2D eigenvalue weighted by atomic mass is 35.5. The zero-order valence-electron chi connectivity index (χ0n) is 9.68. The number of tetrazole rings is 1. The molecule has 1 aromatic carbocycles. The second kappa shape index (κ2) is 6.13. The highest BCUT2D eigenvalue weighted by Gasteiger charge is 2.10. The number of aryl methyl sites for hydroxylation is 1. The van der Waals surface area contributed by atoms with Gasteiger partial charge < -0.3 is 5.73 Å². The molecule has 18 heavy (non-hydrogen) atoms. The molecule has 0 saturated carbocycles. The molecule has 0 saturated heterocycles. The molecule has 0 amide bonds. The molecule has 1 aromatic heterocycles. The van der Waals surface area contributed by atoms with E-state index in [2.05, 4.69) is 15.5 Å². The molecule has 0 aliphatic heterocycles. The third-order valence-electron chi connectivity index (χ3n) is 2.48. The normalized spacial score (nSPS) is 10.8. The third-order valence-corrected chi connectivity index (χ3v) is 2.91. The lowest BCUT2D eigenvalue weighted by atomic mass is 10.2. The average Bonchev–Trinajstić information content (AvgIpc) is 2.76. The highest BCUT2D eigenvalue weighted by Crippen LogP contribution is 2.25. The van der Waals surface area contributed by atoms with E-state index >= 15 is 0 Å². The molecule has 0 spiro atoms. The molecule has 0 aliphatic rings. The van der Waals surface area contributed by atoms with Crippen LogP contribution in [0.1, 0.15) is 12.8 Å². The number of nitrogens with zero attached hydrogens (tertiary/aromatic N) is 4. The Labute approximate surface area is 115 Å². The van der Waals surface area contributed by atoms with Gasteiger partial charge in [0.1, 0.15) is 0 Å². The molecule has 0 atom stereocenters. The van der Waals surface area contributed by atoms with Crippen LogP contribution in [0.15, 0.2) is 18.2 Å². The quantitative estimate of drug-likeness (QED) is 0.857. The molecule has 0 bridgehead atoms. The van der Waals surface area contributed by atoms with Gasteiger partial charge in [-0.05, 0) is 48.0 Å². The van der Waals surface area contributed by atoms with Crippen molar-refractivity contribution in [3.63, 3.8) is 0 Å². The number of aromatic nitrogens is 4. The summed E-state index contributed by atoms with van der Waals surface area (Å²) in [4.78, 5) is 0. The standard InChI is InChI=1S/C11H13Cl2N5/c12-9-5-8(6-10(13)7-9)11-15-16-17-18(11)4-2-1-3-14/h5-7H,1-4,14H2. The summed E-state index contributed by atoms with van der Waals surface area (Å²) >= 11 is 11.9. The van der Waals surface area contributed by atoms with Crippen LogP contribution in [0, 0.1) is 0 Å². The summed E-state index contributed by atoms with van der Waals surface area (Å²) in [5.74, 6) is 0.663. The topological polar surface area (TPSA) is 69.6 Å². The van der Waals surface area contributed by atoms with E-state index in [1.54, 1.807) is 22.9 Å². The first-order valence-corrected chi connectivity index (χ1v) is 6.39. The molecule has 2 N–H and O–H groups in total. The first-order valence-electron chi connectivity index (χ1n) is 5.63. The highest BCUT2D eigenvalue weighted by molar-refractivity contribution is 6.35. The van der Waals surface area contributed by atoms with E-state index in [0.29, 0.717) is 22.4 Å². The van der Waals surface area contributed by atoms with E-state index in [4.69, 9.17) is 28.9 Å². The van der Waals surface area contributed by atoms with Crippen molar-refractivity contribution in [3.8, 4) is 11.4 Å². The van der Waals surface area contributed by atoms with Crippen molar-refractivity contribution < 1.29 is 0 Å². The lowest BCUT2D eigenvalue weighted by Gasteiger charge is -2.05. The van der Waals surface area contributed by atoms with Gasteiger partial charge in [0.2, 0.25) is 0 Å². The number of nitrogens with two attached hydrogens (primary N) is 1. The molecule has 7 heteroatoms. The Bertz CT molecular complexity index is 506. The van der Waals surface area contributed by atoms with Gasteiger partial charge >= 0.3 is 0 Å². The number of unbranched alkanes of at least 4 members (excludes halogenated alkanes) is 1. The monoisotopic (exact) mass is 285 g/mol. The van der Waals surface area contributed by atoms with Gasteiger partial charge in [-0.3, -0.25) is 0 Å². The Morgan fingerprint density at radius 1 is 1.11 bits per heavy atom. The molecule has 96 valence electrons. The Kier molecular flexibility index (Phi) is 4.52.